The minimum atomic E-state index is 0.137. The molecule has 1 heterocycles. The van der Waals surface area contributed by atoms with Crippen LogP contribution in [0.15, 0.2) is 17.4 Å². The van der Waals surface area contributed by atoms with E-state index < -0.39 is 0 Å². The number of thioether (sulfide) groups is 1. The van der Waals surface area contributed by atoms with Crippen LogP contribution in [0.1, 0.15) is 12.0 Å². The Morgan fingerprint density at radius 3 is 3.00 bits per heavy atom. The highest BCUT2D eigenvalue weighted by Gasteiger charge is 2.00. The highest BCUT2D eigenvalue weighted by molar-refractivity contribution is 7.98. The number of nitrogens with zero attached hydrogens (tertiary/aromatic N) is 2. The van der Waals surface area contributed by atoms with Crippen LogP contribution in [-0.2, 0) is 0 Å². The predicted octanol–water partition coefficient (Wildman–Crippen LogP) is 2.25. The SMILES string of the molecule is CSc1ncc(C=CCCO)c(Cl)n1. The lowest BCUT2D eigenvalue weighted by Crippen LogP contribution is -1.88. The molecule has 0 aromatic carbocycles. The maximum absolute atomic E-state index is 8.58. The predicted molar refractivity (Wildman–Crippen MR) is 59.6 cm³/mol. The van der Waals surface area contributed by atoms with E-state index >= 15 is 0 Å². The second-order valence-corrected chi connectivity index (χ2v) is 3.65. The van der Waals surface area contributed by atoms with Gasteiger partial charge in [-0.15, -0.1) is 0 Å². The second kappa shape index (κ2) is 6.01. The number of hydrogen-bond acceptors (Lipinski definition) is 4. The molecule has 1 N–H and O–H groups in total. The van der Waals surface area contributed by atoms with Crippen molar-refractivity contribution in [2.75, 3.05) is 12.9 Å². The molecular formula is C9H11ClN2OS. The molecule has 0 saturated heterocycles. The molecule has 0 aliphatic rings. The zero-order valence-electron chi connectivity index (χ0n) is 7.77. The molecule has 0 unspecified atom stereocenters. The summed E-state index contributed by atoms with van der Waals surface area (Å²) < 4.78 is 0. The molecule has 0 bridgehead atoms. The van der Waals surface area contributed by atoms with Crippen molar-refractivity contribution in [3.05, 3.63) is 23.0 Å². The van der Waals surface area contributed by atoms with Gasteiger partial charge in [0.05, 0.1) is 0 Å². The van der Waals surface area contributed by atoms with Gasteiger partial charge in [0.15, 0.2) is 5.16 Å². The van der Waals surface area contributed by atoms with E-state index in [1.54, 1.807) is 6.20 Å². The number of aromatic nitrogens is 2. The van der Waals surface area contributed by atoms with Gasteiger partial charge in [-0.25, -0.2) is 9.97 Å². The molecule has 0 saturated carbocycles. The van der Waals surface area contributed by atoms with Crippen molar-refractivity contribution in [3.8, 4) is 0 Å². The summed E-state index contributed by atoms with van der Waals surface area (Å²) in [5, 5.41) is 9.68. The van der Waals surface area contributed by atoms with E-state index in [1.807, 2.05) is 18.4 Å². The molecule has 0 aliphatic heterocycles. The fourth-order valence-corrected chi connectivity index (χ4v) is 1.43. The van der Waals surface area contributed by atoms with Crippen molar-refractivity contribution in [1.82, 2.24) is 9.97 Å². The number of rotatable bonds is 4. The van der Waals surface area contributed by atoms with Gasteiger partial charge in [-0.1, -0.05) is 35.5 Å². The monoisotopic (exact) mass is 230 g/mol. The minimum Gasteiger partial charge on any atom is -0.396 e. The third-order valence-corrected chi connectivity index (χ3v) is 2.39. The minimum absolute atomic E-state index is 0.137. The standard InChI is InChI=1S/C9H11ClN2OS/c1-14-9-11-6-7(8(10)12-9)4-2-3-5-13/h2,4,6,13H,3,5H2,1H3. The van der Waals surface area contributed by atoms with Crippen molar-refractivity contribution in [2.24, 2.45) is 0 Å². The summed E-state index contributed by atoms with van der Waals surface area (Å²) in [6.07, 6.45) is 7.83. The van der Waals surface area contributed by atoms with Crippen molar-refractivity contribution >= 4 is 29.4 Å². The van der Waals surface area contributed by atoms with Crippen LogP contribution < -0.4 is 0 Å². The summed E-state index contributed by atoms with van der Waals surface area (Å²) in [5.74, 6) is 0. The van der Waals surface area contributed by atoms with Gasteiger partial charge >= 0.3 is 0 Å². The molecule has 0 fully saturated rings. The van der Waals surface area contributed by atoms with Gasteiger partial charge in [0.2, 0.25) is 0 Å². The Bertz CT molecular complexity index is 331. The number of aliphatic hydroxyl groups is 1. The molecule has 0 spiro atoms. The number of aliphatic hydroxyl groups excluding tert-OH is 1. The van der Waals surface area contributed by atoms with Crippen molar-refractivity contribution in [1.29, 1.82) is 0 Å². The quantitative estimate of drug-likeness (QED) is 0.490. The van der Waals surface area contributed by atoms with E-state index in [0.717, 1.165) is 5.56 Å². The first-order valence-electron chi connectivity index (χ1n) is 4.12. The molecule has 1 rings (SSSR count). The summed E-state index contributed by atoms with van der Waals surface area (Å²) in [7, 11) is 0. The topological polar surface area (TPSA) is 46.0 Å². The Hall–Kier alpha value is -0.580. The highest BCUT2D eigenvalue weighted by Crippen LogP contribution is 2.17. The molecule has 3 nitrogen and oxygen atoms in total. The van der Waals surface area contributed by atoms with Gasteiger partial charge in [-0.05, 0) is 12.7 Å². The van der Waals surface area contributed by atoms with E-state index in [4.69, 9.17) is 16.7 Å². The summed E-state index contributed by atoms with van der Waals surface area (Å²) in [6.45, 7) is 0.137. The van der Waals surface area contributed by atoms with E-state index in [1.165, 1.54) is 11.8 Å². The molecule has 1 aromatic rings. The van der Waals surface area contributed by atoms with E-state index in [2.05, 4.69) is 9.97 Å². The van der Waals surface area contributed by atoms with Gasteiger partial charge in [-0.3, -0.25) is 0 Å². The molecule has 1 aromatic heterocycles. The van der Waals surface area contributed by atoms with E-state index in [-0.39, 0.29) is 6.61 Å². The third kappa shape index (κ3) is 3.29. The average molecular weight is 231 g/mol. The van der Waals surface area contributed by atoms with Crippen LogP contribution >= 0.6 is 23.4 Å². The normalized spacial score (nSPS) is 11.1. The Morgan fingerprint density at radius 1 is 1.64 bits per heavy atom. The van der Waals surface area contributed by atoms with Crippen LogP contribution in [0.4, 0.5) is 0 Å². The van der Waals surface area contributed by atoms with Crippen LogP contribution in [0, 0.1) is 0 Å². The first-order valence-corrected chi connectivity index (χ1v) is 5.72. The average Bonchev–Trinajstić information content (AvgIpc) is 2.20. The molecule has 0 amide bonds. The van der Waals surface area contributed by atoms with Crippen LogP contribution in [-0.4, -0.2) is 27.9 Å². The Balaban J connectivity index is 2.78. The Labute approximate surface area is 92.2 Å². The highest BCUT2D eigenvalue weighted by atomic mass is 35.5. The summed E-state index contributed by atoms with van der Waals surface area (Å²) in [6, 6.07) is 0. The zero-order chi connectivity index (χ0) is 10.4. The van der Waals surface area contributed by atoms with Crippen molar-refractivity contribution in [2.45, 2.75) is 11.6 Å². The zero-order valence-corrected chi connectivity index (χ0v) is 9.35. The molecule has 5 heteroatoms. The van der Waals surface area contributed by atoms with Gasteiger partial charge < -0.3 is 5.11 Å². The largest absolute Gasteiger partial charge is 0.396 e. The fraction of sp³-hybridized carbons (Fsp3) is 0.333. The summed E-state index contributed by atoms with van der Waals surface area (Å²) in [4.78, 5) is 8.16. The van der Waals surface area contributed by atoms with E-state index in [0.29, 0.717) is 16.7 Å². The summed E-state index contributed by atoms with van der Waals surface area (Å²) in [5.41, 5.74) is 0.776. The van der Waals surface area contributed by atoms with Gasteiger partial charge in [-0.2, -0.15) is 0 Å². The van der Waals surface area contributed by atoms with Gasteiger partial charge in [0.1, 0.15) is 5.15 Å². The second-order valence-electron chi connectivity index (χ2n) is 2.52. The van der Waals surface area contributed by atoms with Gasteiger partial charge in [0, 0.05) is 18.4 Å². The van der Waals surface area contributed by atoms with Crippen LogP contribution in [0.5, 0.6) is 0 Å². The van der Waals surface area contributed by atoms with Crippen LogP contribution in [0.25, 0.3) is 6.08 Å². The first-order chi connectivity index (χ1) is 6.77. The summed E-state index contributed by atoms with van der Waals surface area (Å²) >= 11 is 7.36. The lowest BCUT2D eigenvalue weighted by molar-refractivity contribution is 0.303. The van der Waals surface area contributed by atoms with Crippen molar-refractivity contribution < 1.29 is 5.11 Å². The molecule has 76 valence electrons. The first kappa shape index (κ1) is 11.5. The maximum atomic E-state index is 8.58. The number of halogens is 1. The molecule has 0 radical (unpaired) electrons. The molecule has 0 aliphatic carbocycles. The maximum Gasteiger partial charge on any atom is 0.188 e. The van der Waals surface area contributed by atoms with Crippen LogP contribution in [0.3, 0.4) is 0 Å². The Kier molecular flexibility index (Phi) is 4.93. The lowest BCUT2D eigenvalue weighted by atomic mass is 10.3. The van der Waals surface area contributed by atoms with Gasteiger partial charge in [0.25, 0.3) is 0 Å². The van der Waals surface area contributed by atoms with E-state index in [9.17, 15) is 0 Å². The Morgan fingerprint density at radius 2 is 2.43 bits per heavy atom. The molecule has 0 atom stereocenters. The van der Waals surface area contributed by atoms with Crippen LogP contribution in [0.2, 0.25) is 5.15 Å². The third-order valence-electron chi connectivity index (χ3n) is 1.52. The molecule has 14 heavy (non-hydrogen) atoms. The molecular weight excluding hydrogens is 220 g/mol. The smallest absolute Gasteiger partial charge is 0.188 e. The lowest BCUT2D eigenvalue weighted by Gasteiger charge is -1.98. The fourth-order valence-electron chi connectivity index (χ4n) is 0.850. The van der Waals surface area contributed by atoms with Crippen molar-refractivity contribution in [3.63, 3.8) is 0 Å². The number of hydrogen-bond donors (Lipinski definition) is 1.